The van der Waals surface area contributed by atoms with Crippen LogP contribution in [-0.4, -0.2) is 48.9 Å². The number of carbonyl (C=O) groups excluding carboxylic acids is 4. The van der Waals surface area contributed by atoms with Crippen molar-refractivity contribution in [3.63, 3.8) is 0 Å². The normalized spacial score (nSPS) is 13.5. The van der Waals surface area contributed by atoms with Crippen molar-refractivity contribution in [1.29, 1.82) is 0 Å². The number of esters is 3. The second-order valence-electron chi connectivity index (χ2n) is 11.5. The zero-order chi connectivity index (χ0) is 31.0. The fraction of sp³-hybridized carbons (Fsp3) is 0.677. The molecule has 232 valence electrons. The van der Waals surface area contributed by atoms with Gasteiger partial charge >= 0.3 is 24.1 Å². The molecule has 41 heavy (non-hydrogen) atoms. The van der Waals surface area contributed by atoms with E-state index in [0.29, 0.717) is 18.4 Å². The summed E-state index contributed by atoms with van der Waals surface area (Å²) < 4.78 is 26.7. The molecule has 0 bridgehead atoms. The molecule has 0 aliphatic carbocycles. The summed E-state index contributed by atoms with van der Waals surface area (Å²) in [5.74, 6) is -1.32. The Balaban J connectivity index is 2.85. The van der Waals surface area contributed by atoms with Gasteiger partial charge < -0.3 is 29.4 Å². The smallest absolute Gasteiger partial charge is 0.458 e. The zero-order valence-electron chi connectivity index (χ0n) is 25.8. The molecule has 0 amide bonds. The minimum Gasteiger partial charge on any atom is -0.458 e. The summed E-state index contributed by atoms with van der Waals surface area (Å²) in [4.78, 5) is 49.3. The van der Waals surface area contributed by atoms with E-state index in [1.807, 2.05) is 34.6 Å². The zero-order valence-corrected chi connectivity index (χ0v) is 25.8. The molecule has 0 spiro atoms. The maximum absolute atomic E-state index is 12.7. The summed E-state index contributed by atoms with van der Waals surface area (Å²) >= 11 is 0. The molecule has 10 heteroatoms. The maximum Gasteiger partial charge on any atom is 0.508 e. The number of benzene rings is 1. The minimum absolute atomic E-state index is 0.0690. The average molecular weight is 580 g/mol. The molecule has 0 heterocycles. The molecule has 10 nitrogen and oxygen atoms in total. The van der Waals surface area contributed by atoms with E-state index in [9.17, 15) is 19.2 Å². The van der Waals surface area contributed by atoms with Crippen LogP contribution in [0.15, 0.2) is 18.2 Å². The Morgan fingerprint density at radius 2 is 1.34 bits per heavy atom. The van der Waals surface area contributed by atoms with E-state index in [2.05, 4.69) is 0 Å². The van der Waals surface area contributed by atoms with Gasteiger partial charge in [-0.15, -0.1) is 0 Å². The van der Waals surface area contributed by atoms with Crippen LogP contribution in [0, 0.1) is 5.41 Å². The average Bonchev–Trinajstić information content (AvgIpc) is 2.88. The Labute approximate surface area is 244 Å². The van der Waals surface area contributed by atoms with Gasteiger partial charge in [-0.25, -0.2) is 4.79 Å². The van der Waals surface area contributed by atoms with Gasteiger partial charge in [0.1, 0.15) is 18.2 Å². The second kappa shape index (κ2) is 18.3. The van der Waals surface area contributed by atoms with Gasteiger partial charge in [-0.1, -0.05) is 66.4 Å². The summed E-state index contributed by atoms with van der Waals surface area (Å²) in [7, 11) is 0. The van der Waals surface area contributed by atoms with Gasteiger partial charge in [0, 0.05) is 12.8 Å². The van der Waals surface area contributed by atoms with E-state index in [-0.39, 0.29) is 42.8 Å². The topological polar surface area (TPSA) is 140 Å². The van der Waals surface area contributed by atoms with Crippen molar-refractivity contribution in [2.24, 2.45) is 11.1 Å². The SMILES string of the molecule is CCCCCC(=O)Oc1ccc(C[C@H](N)C(=O)O[C@@H](C)[C@H](C)OC(=O)OCC(C)(C)C)cc1OC(=O)CCCCC. The molecule has 1 aromatic carbocycles. The van der Waals surface area contributed by atoms with Crippen molar-refractivity contribution in [1.82, 2.24) is 0 Å². The molecule has 0 saturated heterocycles. The molecule has 0 saturated carbocycles. The van der Waals surface area contributed by atoms with E-state index in [1.165, 1.54) is 6.07 Å². The summed E-state index contributed by atoms with van der Waals surface area (Å²) in [5, 5.41) is 0. The standard InChI is InChI=1S/C31H49NO9/c1-8-10-12-14-27(33)40-25-17-16-23(19-26(25)41-28(34)15-13-11-9-2)18-24(32)29(35)38-21(3)22(4)39-30(36)37-20-31(5,6)7/h16-17,19,21-22,24H,8-15,18,20,32H2,1-7H3/t21-,22-,24-/m0/s1. The molecule has 3 atom stereocenters. The minimum atomic E-state index is -1.05. The maximum atomic E-state index is 12.7. The van der Waals surface area contributed by atoms with Gasteiger partial charge in [-0.05, 0) is 56.2 Å². The van der Waals surface area contributed by atoms with Crippen molar-refractivity contribution in [2.45, 2.75) is 125 Å². The van der Waals surface area contributed by atoms with Gasteiger partial charge in [0.2, 0.25) is 0 Å². The number of hydrogen-bond donors (Lipinski definition) is 1. The van der Waals surface area contributed by atoms with Crippen LogP contribution in [0.2, 0.25) is 0 Å². The Kier molecular flexibility index (Phi) is 16.0. The third-order valence-electron chi connectivity index (χ3n) is 6.05. The molecule has 0 unspecified atom stereocenters. The van der Waals surface area contributed by atoms with Crippen LogP contribution in [0.4, 0.5) is 4.79 Å². The highest BCUT2D eigenvalue weighted by molar-refractivity contribution is 5.77. The molecular formula is C31H49NO9. The molecule has 1 rings (SSSR count). The number of carbonyl (C=O) groups is 4. The largest absolute Gasteiger partial charge is 0.508 e. The van der Waals surface area contributed by atoms with Crippen molar-refractivity contribution < 1.29 is 42.9 Å². The lowest BCUT2D eigenvalue weighted by molar-refractivity contribution is -0.155. The van der Waals surface area contributed by atoms with Crippen LogP contribution in [0.1, 0.15) is 105 Å². The van der Waals surface area contributed by atoms with Crippen LogP contribution in [-0.2, 0) is 35.0 Å². The first-order chi connectivity index (χ1) is 19.2. The lowest BCUT2D eigenvalue weighted by Gasteiger charge is -2.23. The predicted molar refractivity (Wildman–Crippen MR) is 155 cm³/mol. The summed E-state index contributed by atoms with van der Waals surface area (Å²) in [6.45, 7) is 13.2. The second-order valence-corrected chi connectivity index (χ2v) is 11.5. The first-order valence-electron chi connectivity index (χ1n) is 14.6. The summed E-state index contributed by atoms with van der Waals surface area (Å²) in [6.07, 6.45) is 3.30. The molecular weight excluding hydrogens is 530 g/mol. The van der Waals surface area contributed by atoms with Crippen molar-refractivity contribution in [3.8, 4) is 11.5 Å². The molecule has 0 radical (unpaired) electrons. The van der Waals surface area contributed by atoms with E-state index < -0.39 is 42.3 Å². The molecule has 2 N–H and O–H groups in total. The van der Waals surface area contributed by atoms with E-state index in [0.717, 1.165) is 25.7 Å². The van der Waals surface area contributed by atoms with Gasteiger partial charge in [-0.3, -0.25) is 14.4 Å². The predicted octanol–water partition coefficient (Wildman–Crippen LogP) is 6.05. The molecule has 0 fully saturated rings. The van der Waals surface area contributed by atoms with Crippen LogP contribution in [0.3, 0.4) is 0 Å². The monoisotopic (exact) mass is 579 g/mol. The number of unbranched alkanes of at least 4 members (excludes halogenated alkanes) is 4. The Bertz CT molecular complexity index is 986. The fourth-order valence-corrected chi connectivity index (χ4v) is 3.49. The van der Waals surface area contributed by atoms with Gasteiger partial charge in [-0.2, -0.15) is 0 Å². The molecule has 0 aliphatic rings. The number of ether oxygens (including phenoxy) is 5. The van der Waals surface area contributed by atoms with Crippen molar-refractivity contribution in [3.05, 3.63) is 23.8 Å². The molecule has 0 aliphatic heterocycles. The Hall–Kier alpha value is -3.14. The van der Waals surface area contributed by atoms with Gasteiger partial charge in [0.15, 0.2) is 11.5 Å². The molecule has 0 aromatic heterocycles. The fourth-order valence-electron chi connectivity index (χ4n) is 3.49. The number of rotatable bonds is 17. The van der Waals surface area contributed by atoms with Crippen LogP contribution in [0.25, 0.3) is 0 Å². The van der Waals surface area contributed by atoms with E-state index >= 15 is 0 Å². The first-order valence-corrected chi connectivity index (χ1v) is 14.6. The van der Waals surface area contributed by atoms with Crippen molar-refractivity contribution >= 4 is 24.1 Å². The van der Waals surface area contributed by atoms with Crippen LogP contribution >= 0.6 is 0 Å². The summed E-state index contributed by atoms with van der Waals surface area (Å²) in [5.41, 5.74) is 6.48. The highest BCUT2D eigenvalue weighted by Crippen LogP contribution is 2.30. The van der Waals surface area contributed by atoms with Gasteiger partial charge in [0.05, 0.1) is 6.61 Å². The quantitative estimate of drug-likeness (QED) is 0.132. The highest BCUT2D eigenvalue weighted by atomic mass is 16.7. The Morgan fingerprint density at radius 3 is 1.88 bits per heavy atom. The van der Waals surface area contributed by atoms with Crippen LogP contribution in [0.5, 0.6) is 11.5 Å². The molecule has 1 aromatic rings. The third kappa shape index (κ3) is 15.4. The van der Waals surface area contributed by atoms with E-state index in [1.54, 1.807) is 26.0 Å². The third-order valence-corrected chi connectivity index (χ3v) is 6.05. The lowest BCUT2D eigenvalue weighted by atomic mass is 9.99. The van der Waals surface area contributed by atoms with Gasteiger partial charge in [0.25, 0.3) is 0 Å². The van der Waals surface area contributed by atoms with Crippen molar-refractivity contribution in [2.75, 3.05) is 6.61 Å². The first kappa shape index (κ1) is 35.9. The highest BCUT2D eigenvalue weighted by Gasteiger charge is 2.26. The number of nitrogens with two attached hydrogens (primary N) is 1. The lowest BCUT2D eigenvalue weighted by Crippen LogP contribution is -2.39. The van der Waals surface area contributed by atoms with Crippen LogP contribution < -0.4 is 15.2 Å². The summed E-state index contributed by atoms with van der Waals surface area (Å²) in [6, 6.07) is 3.67. The Morgan fingerprint density at radius 1 is 0.805 bits per heavy atom. The van der Waals surface area contributed by atoms with E-state index in [4.69, 9.17) is 29.4 Å². The number of hydrogen-bond acceptors (Lipinski definition) is 10.